The highest BCUT2D eigenvalue weighted by Crippen LogP contribution is 2.17. The molecule has 118 valence electrons. The molecule has 0 radical (unpaired) electrons. The van der Waals surface area contributed by atoms with Gasteiger partial charge in [0.1, 0.15) is 0 Å². The molecule has 1 amide bonds. The first kappa shape index (κ1) is 15.0. The number of benzene rings is 1. The molecular weight excluding hydrogens is 282 g/mol. The van der Waals surface area contributed by atoms with Gasteiger partial charge in [0, 0.05) is 36.7 Å². The molecule has 6 nitrogen and oxygen atoms in total. The van der Waals surface area contributed by atoms with Crippen LogP contribution in [0.4, 0.5) is 0 Å². The van der Waals surface area contributed by atoms with Crippen LogP contribution in [0.15, 0.2) is 30.5 Å². The molecule has 1 aromatic heterocycles. The van der Waals surface area contributed by atoms with E-state index in [0.717, 1.165) is 49.3 Å². The maximum absolute atomic E-state index is 11.9. The molecule has 1 fully saturated rings. The standard InChI is InChI=1S/C16H21N3O3/c20-16(18-22-10-7-19-5-8-21-9-6-19)11-13-12-17-15-4-2-1-3-14(13)15/h1-4,12,17H,5-11H2,(H,18,20). The Bertz CT molecular complexity index is 620. The van der Waals surface area contributed by atoms with E-state index in [9.17, 15) is 4.79 Å². The number of morpholine rings is 1. The minimum Gasteiger partial charge on any atom is -0.379 e. The largest absolute Gasteiger partial charge is 0.379 e. The summed E-state index contributed by atoms with van der Waals surface area (Å²) >= 11 is 0. The van der Waals surface area contributed by atoms with E-state index < -0.39 is 0 Å². The number of para-hydroxylation sites is 1. The maximum Gasteiger partial charge on any atom is 0.248 e. The van der Waals surface area contributed by atoms with Crippen molar-refractivity contribution in [1.82, 2.24) is 15.4 Å². The van der Waals surface area contributed by atoms with Gasteiger partial charge in [0.05, 0.1) is 26.2 Å². The number of hydrogen-bond donors (Lipinski definition) is 2. The van der Waals surface area contributed by atoms with Gasteiger partial charge in [0.25, 0.3) is 0 Å². The summed E-state index contributed by atoms with van der Waals surface area (Å²) in [7, 11) is 0. The van der Waals surface area contributed by atoms with Gasteiger partial charge in [-0.25, -0.2) is 5.48 Å². The van der Waals surface area contributed by atoms with E-state index in [0.29, 0.717) is 13.0 Å². The lowest BCUT2D eigenvalue weighted by molar-refractivity contribution is -0.133. The lowest BCUT2D eigenvalue weighted by Gasteiger charge is -2.26. The SMILES string of the molecule is O=C(Cc1c[nH]c2ccccc12)NOCCN1CCOCC1. The highest BCUT2D eigenvalue weighted by Gasteiger charge is 2.11. The van der Waals surface area contributed by atoms with Crippen molar-refractivity contribution in [3.05, 3.63) is 36.0 Å². The van der Waals surface area contributed by atoms with Crippen LogP contribution in [0.1, 0.15) is 5.56 Å². The molecule has 2 aromatic rings. The van der Waals surface area contributed by atoms with Crippen molar-refractivity contribution in [2.45, 2.75) is 6.42 Å². The number of fused-ring (bicyclic) bond motifs is 1. The Morgan fingerprint density at radius 1 is 1.32 bits per heavy atom. The number of H-pyrrole nitrogens is 1. The van der Waals surface area contributed by atoms with Crippen LogP contribution >= 0.6 is 0 Å². The van der Waals surface area contributed by atoms with Gasteiger partial charge in [-0.1, -0.05) is 18.2 Å². The molecule has 0 aliphatic carbocycles. The fraction of sp³-hybridized carbons (Fsp3) is 0.438. The molecule has 0 saturated carbocycles. The van der Waals surface area contributed by atoms with Crippen molar-refractivity contribution in [2.75, 3.05) is 39.5 Å². The van der Waals surface area contributed by atoms with Gasteiger partial charge in [-0.05, 0) is 11.6 Å². The van der Waals surface area contributed by atoms with Crippen LogP contribution in [0, 0.1) is 0 Å². The first-order valence-corrected chi connectivity index (χ1v) is 7.58. The third-order valence-electron chi connectivity index (χ3n) is 3.83. The molecule has 22 heavy (non-hydrogen) atoms. The number of carbonyl (C=O) groups excluding carboxylic acids is 1. The molecule has 3 rings (SSSR count). The van der Waals surface area contributed by atoms with Crippen LogP contribution in [0.5, 0.6) is 0 Å². The summed E-state index contributed by atoms with van der Waals surface area (Å²) < 4.78 is 5.28. The Kier molecular flexibility index (Phi) is 5.05. The van der Waals surface area contributed by atoms with Gasteiger partial charge in [-0.3, -0.25) is 14.5 Å². The second kappa shape index (κ2) is 7.40. The predicted molar refractivity (Wildman–Crippen MR) is 83.4 cm³/mol. The number of hydrogen-bond acceptors (Lipinski definition) is 4. The molecule has 2 heterocycles. The zero-order valence-electron chi connectivity index (χ0n) is 12.5. The van der Waals surface area contributed by atoms with E-state index in [4.69, 9.17) is 9.57 Å². The number of carbonyl (C=O) groups is 1. The molecule has 1 saturated heterocycles. The summed E-state index contributed by atoms with van der Waals surface area (Å²) in [5.41, 5.74) is 4.53. The van der Waals surface area contributed by atoms with Crippen molar-refractivity contribution in [3.8, 4) is 0 Å². The molecule has 0 unspecified atom stereocenters. The van der Waals surface area contributed by atoms with Crippen LogP contribution in [0.3, 0.4) is 0 Å². The fourth-order valence-electron chi connectivity index (χ4n) is 2.62. The average Bonchev–Trinajstić information content (AvgIpc) is 2.96. The average molecular weight is 303 g/mol. The van der Waals surface area contributed by atoms with Gasteiger partial charge in [-0.15, -0.1) is 0 Å². The molecule has 1 aromatic carbocycles. The van der Waals surface area contributed by atoms with Crippen molar-refractivity contribution < 1.29 is 14.4 Å². The molecule has 1 aliphatic heterocycles. The summed E-state index contributed by atoms with van der Waals surface area (Å²) in [6, 6.07) is 7.94. The van der Waals surface area contributed by atoms with Gasteiger partial charge in [0.2, 0.25) is 5.91 Å². The monoisotopic (exact) mass is 303 g/mol. The number of hydroxylamine groups is 1. The van der Waals surface area contributed by atoms with Crippen molar-refractivity contribution in [1.29, 1.82) is 0 Å². The van der Waals surface area contributed by atoms with E-state index >= 15 is 0 Å². The summed E-state index contributed by atoms with van der Waals surface area (Å²) in [6.07, 6.45) is 2.18. The van der Waals surface area contributed by atoms with Gasteiger partial charge < -0.3 is 9.72 Å². The molecule has 0 atom stereocenters. The Morgan fingerprint density at radius 2 is 2.14 bits per heavy atom. The number of aromatic amines is 1. The zero-order valence-corrected chi connectivity index (χ0v) is 12.5. The summed E-state index contributed by atoms with van der Waals surface area (Å²) in [5.74, 6) is -0.133. The molecule has 6 heteroatoms. The second-order valence-electron chi connectivity index (χ2n) is 5.36. The Labute approximate surface area is 129 Å². The number of nitrogens with zero attached hydrogens (tertiary/aromatic N) is 1. The Hall–Kier alpha value is -1.89. The zero-order chi connectivity index (χ0) is 15.2. The topological polar surface area (TPSA) is 66.6 Å². The van der Waals surface area contributed by atoms with Gasteiger partial charge in [0.15, 0.2) is 0 Å². The second-order valence-corrected chi connectivity index (χ2v) is 5.36. The van der Waals surface area contributed by atoms with Crippen LogP contribution in [0.25, 0.3) is 10.9 Å². The smallest absolute Gasteiger partial charge is 0.248 e. The van der Waals surface area contributed by atoms with Crippen LogP contribution in [-0.2, 0) is 20.8 Å². The third-order valence-corrected chi connectivity index (χ3v) is 3.83. The quantitative estimate of drug-likeness (QED) is 0.619. The van der Waals surface area contributed by atoms with Gasteiger partial charge >= 0.3 is 0 Å². The number of aromatic nitrogens is 1. The molecule has 0 bridgehead atoms. The summed E-state index contributed by atoms with van der Waals surface area (Å²) in [4.78, 5) is 22.6. The first-order valence-electron chi connectivity index (χ1n) is 7.58. The van der Waals surface area contributed by atoms with Crippen molar-refractivity contribution >= 4 is 16.8 Å². The highest BCUT2D eigenvalue weighted by molar-refractivity contribution is 5.88. The predicted octanol–water partition coefficient (Wildman–Crippen LogP) is 1.09. The van der Waals surface area contributed by atoms with Crippen molar-refractivity contribution in [2.24, 2.45) is 0 Å². The Morgan fingerprint density at radius 3 is 3.00 bits per heavy atom. The summed E-state index contributed by atoms with van der Waals surface area (Å²) in [6.45, 7) is 4.68. The molecule has 0 spiro atoms. The number of amides is 1. The van der Waals surface area contributed by atoms with E-state index in [1.54, 1.807) is 0 Å². The number of ether oxygens (including phenoxy) is 1. The minimum atomic E-state index is -0.133. The molecular formula is C16H21N3O3. The maximum atomic E-state index is 11.9. The highest BCUT2D eigenvalue weighted by atomic mass is 16.7. The minimum absolute atomic E-state index is 0.133. The molecule has 1 aliphatic rings. The van der Waals surface area contributed by atoms with Crippen LogP contribution < -0.4 is 5.48 Å². The van der Waals surface area contributed by atoms with Crippen molar-refractivity contribution in [3.63, 3.8) is 0 Å². The van der Waals surface area contributed by atoms with E-state index in [2.05, 4.69) is 15.4 Å². The van der Waals surface area contributed by atoms with E-state index in [-0.39, 0.29) is 5.91 Å². The summed E-state index contributed by atoms with van der Waals surface area (Å²) in [5, 5.41) is 1.07. The first-order chi connectivity index (χ1) is 10.8. The molecule has 2 N–H and O–H groups in total. The van der Waals surface area contributed by atoms with E-state index in [1.807, 2.05) is 30.5 Å². The van der Waals surface area contributed by atoms with Crippen LogP contribution in [0.2, 0.25) is 0 Å². The van der Waals surface area contributed by atoms with Gasteiger partial charge in [-0.2, -0.15) is 0 Å². The fourth-order valence-corrected chi connectivity index (χ4v) is 2.62. The van der Waals surface area contributed by atoms with Crippen LogP contribution in [-0.4, -0.2) is 55.2 Å². The normalized spacial score (nSPS) is 16.0. The number of nitrogens with one attached hydrogen (secondary N) is 2. The number of rotatable bonds is 6. The Balaban J connectivity index is 1.41. The third kappa shape index (κ3) is 3.85. The van der Waals surface area contributed by atoms with E-state index in [1.165, 1.54) is 0 Å². The lowest BCUT2D eigenvalue weighted by atomic mass is 10.1. The lowest BCUT2D eigenvalue weighted by Crippen LogP contribution is -2.39.